The molecule has 0 amide bonds. The first-order valence-corrected chi connectivity index (χ1v) is 7.16. The van der Waals surface area contributed by atoms with Crippen molar-refractivity contribution in [3.63, 3.8) is 0 Å². The molecule has 2 unspecified atom stereocenters. The van der Waals surface area contributed by atoms with Crippen molar-refractivity contribution >= 4 is 11.8 Å². The summed E-state index contributed by atoms with van der Waals surface area (Å²) in [6.07, 6.45) is -5.61. The van der Waals surface area contributed by atoms with Crippen molar-refractivity contribution in [3.8, 4) is 0 Å². The normalized spacial score (nSPS) is 38.0. The minimum Gasteiger partial charge on any atom is -0.394 e. The van der Waals surface area contributed by atoms with Crippen LogP contribution in [0.2, 0.25) is 0 Å². The van der Waals surface area contributed by atoms with Crippen LogP contribution in [-0.2, 0) is 4.74 Å². The van der Waals surface area contributed by atoms with Crippen molar-refractivity contribution in [2.24, 2.45) is 16.5 Å². The summed E-state index contributed by atoms with van der Waals surface area (Å²) >= 11 is 0. The van der Waals surface area contributed by atoms with Crippen molar-refractivity contribution in [2.75, 3.05) is 6.61 Å². The molecule has 3 heterocycles. The molecule has 0 saturated carbocycles. The van der Waals surface area contributed by atoms with E-state index in [1.165, 1.54) is 11.2 Å². The maximum Gasteiger partial charge on any atom is 0.201 e. The minimum atomic E-state index is -1.46. The number of imidazole rings is 1. The number of rotatable bonds is 2. The summed E-state index contributed by atoms with van der Waals surface area (Å²) in [6, 6.07) is 0. The number of nitrogens with one attached hydrogen (secondary N) is 1. The highest BCUT2D eigenvalue weighted by Gasteiger charge is 2.43. The van der Waals surface area contributed by atoms with Gasteiger partial charge >= 0.3 is 0 Å². The van der Waals surface area contributed by atoms with E-state index in [9.17, 15) is 20.4 Å². The molecule has 1 aromatic rings. The number of aliphatic imine (C=N–C) groups is 1. The molecule has 0 aromatic carbocycles. The lowest BCUT2D eigenvalue weighted by Gasteiger charge is -2.39. The number of hydrogen-bond acceptors (Lipinski definition) is 10. The van der Waals surface area contributed by atoms with E-state index in [-0.39, 0.29) is 12.4 Å². The fraction of sp³-hybridized carbons (Fsp3) is 0.667. The zero-order valence-corrected chi connectivity index (χ0v) is 12.1. The molecule has 2 aliphatic heterocycles. The number of fused-ring (bicyclic) bond motifs is 1. The Balaban J connectivity index is 1.91. The standard InChI is InChI=1S/C12H20N6O5/c13-10-7-11(16-3-15-7)17-12(14)18(10)6-1-4(20)8(21)9(22)5(2-19)23-6/h3-6,8-10,19-22H,1-2,13H2,(H2,14,17)(H,15,16)/t4-,5-,6?,8-,9-,10?/m1/s1. The molecule has 1 fully saturated rings. The molecule has 1 saturated heterocycles. The van der Waals surface area contributed by atoms with Crippen LogP contribution in [-0.4, -0.2) is 78.5 Å². The Labute approximate surface area is 131 Å². The quantitative estimate of drug-likeness (QED) is 0.294. The van der Waals surface area contributed by atoms with Gasteiger partial charge in [0.1, 0.15) is 30.7 Å². The molecule has 128 valence electrons. The number of guanidine groups is 1. The number of aliphatic hydroxyl groups is 4. The number of hydrogen-bond donors (Lipinski definition) is 7. The van der Waals surface area contributed by atoms with Gasteiger partial charge in [0.2, 0.25) is 5.96 Å². The number of aromatic amines is 1. The van der Waals surface area contributed by atoms with Crippen LogP contribution in [0.15, 0.2) is 11.3 Å². The van der Waals surface area contributed by atoms with Gasteiger partial charge in [0.15, 0.2) is 5.82 Å². The predicted octanol–water partition coefficient (Wildman–Crippen LogP) is -3.18. The fourth-order valence-corrected chi connectivity index (χ4v) is 2.84. The van der Waals surface area contributed by atoms with E-state index in [4.69, 9.17) is 16.2 Å². The van der Waals surface area contributed by atoms with Gasteiger partial charge in [0.25, 0.3) is 0 Å². The summed E-state index contributed by atoms with van der Waals surface area (Å²) in [5, 5.41) is 39.2. The average Bonchev–Trinajstić information content (AvgIpc) is 2.95. The van der Waals surface area contributed by atoms with E-state index < -0.39 is 43.4 Å². The van der Waals surface area contributed by atoms with Gasteiger partial charge in [-0.15, -0.1) is 0 Å². The van der Waals surface area contributed by atoms with Crippen LogP contribution in [0.25, 0.3) is 0 Å². The van der Waals surface area contributed by atoms with Crippen molar-refractivity contribution < 1.29 is 25.2 Å². The fourth-order valence-electron chi connectivity index (χ4n) is 2.84. The van der Waals surface area contributed by atoms with E-state index >= 15 is 0 Å². The third kappa shape index (κ3) is 2.67. The SMILES string of the molecule is NC1=Nc2nc[nH]c2C(N)N1C1C[C@@H](O)[C@@H](O)[C@H](O)[C@@H](CO)O1. The van der Waals surface area contributed by atoms with E-state index in [0.717, 1.165) is 0 Å². The lowest BCUT2D eigenvalue weighted by molar-refractivity contribution is -0.143. The maximum atomic E-state index is 10.0. The first-order chi connectivity index (χ1) is 10.9. The van der Waals surface area contributed by atoms with Crippen LogP contribution in [0, 0.1) is 0 Å². The largest absolute Gasteiger partial charge is 0.394 e. The molecule has 0 spiro atoms. The van der Waals surface area contributed by atoms with E-state index in [1.807, 2.05) is 0 Å². The van der Waals surface area contributed by atoms with Crippen LogP contribution in [0.3, 0.4) is 0 Å². The van der Waals surface area contributed by atoms with Crippen LogP contribution < -0.4 is 11.5 Å². The van der Waals surface area contributed by atoms with Crippen LogP contribution in [0.5, 0.6) is 0 Å². The predicted molar refractivity (Wildman–Crippen MR) is 77.0 cm³/mol. The summed E-state index contributed by atoms with van der Waals surface area (Å²) in [5.41, 5.74) is 12.6. The van der Waals surface area contributed by atoms with E-state index in [1.54, 1.807) is 0 Å². The molecular weight excluding hydrogens is 308 g/mol. The first kappa shape index (κ1) is 16.1. The topological polar surface area (TPSA) is 186 Å². The maximum absolute atomic E-state index is 10.0. The molecule has 9 N–H and O–H groups in total. The van der Waals surface area contributed by atoms with Gasteiger partial charge in [0, 0.05) is 6.42 Å². The Kier molecular flexibility index (Phi) is 4.23. The third-order valence-corrected chi connectivity index (χ3v) is 4.12. The lowest BCUT2D eigenvalue weighted by atomic mass is 10.0. The van der Waals surface area contributed by atoms with E-state index in [2.05, 4.69) is 15.0 Å². The smallest absolute Gasteiger partial charge is 0.201 e. The first-order valence-electron chi connectivity index (χ1n) is 7.16. The molecule has 23 heavy (non-hydrogen) atoms. The summed E-state index contributed by atoms with van der Waals surface area (Å²) in [4.78, 5) is 12.4. The number of nitrogens with two attached hydrogens (primary N) is 2. The van der Waals surface area contributed by atoms with Crippen molar-refractivity contribution in [3.05, 3.63) is 12.0 Å². The van der Waals surface area contributed by atoms with Crippen molar-refractivity contribution in [1.29, 1.82) is 0 Å². The van der Waals surface area contributed by atoms with Crippen molar-refractivity contribution in [1.82, 2.24) is 14.9 Å². The van der Waals surface area contributed by atoms with Crippen LogP contribution in [0.1, 0.15) is 18.3 Å². The minimum absolute atomic E-state index is 0.0249. The Morgan fingerprint density at radius 1 is 1.35 bits per heavy atom. The van der Waals surface area contributed by atoms with Crippen LogP contribution in [0.4, 0.5) is 5.82 Å². The zero-order valence-electron chi connectivity index (χ0n) is 12.1. The van der Waals surface area contributed by atoms with Gasteiger partial charge in [-0.2, -0.15) is 4.99 Å². The summed E-state index contributed by atoms with van der Waals surface area (Å²) in [7, 11) is 0. The highest BCUT2D eigenvalue weighted by molar-refractivity contribution is 5.83. The highest BCUT2D eigenvalue weighted by atomic mass is 16.5. The average molecular weight is 328 g/mol. The van der Waals surface area contributed by atoms with Gasteiger partial charge in [-0.25, -0.2) is 4.98 Å². The van der Waals surface area contributed by atoms with Gasteiger partial charge in [0.05, 0.1) is 24.7 Å². The molecule has 2 aliphatic rings. The summed E-state index contributed by atoms with van der Waals surface area (Å²) in [5.74, 6) is 0.385. The number of H-pyrrole nitrogens is 1. The number of aliphatic hydroxyl groups excluding tert-OH is 4. The molecule has 3 rings (SSSR count). The van der Waals surface area contributed by atoms with Crippen molar-refractivity contribution in [2.45, 2.75) is 43.2 Å². The van der Waals surface area contributed by atoms with E-state index in [0.29, 0.717) is 11.5 Å². The highest BCUT2D eigenvalue weighted by Crippen LogP contribution is 2.32. The molecule has 0 aliphatic carbocycles. The second-order valence-electron chi connectivity index (χ2n) is 5.56. The lowest BCUT2D eigenvalue weighted by Crippen LogP contribution is -2.53. The Bertz CT molecular complexity index is 594. The Morgan fingerprint density at radius 2 is 2.09 bits per heavy atom. The Hall–Kier alpha value is -1.76. The molecule has 6 atom stereocenters. The summed E-state index contributed by atoms with van der Waals surface area (Å²) in [6.45, 7) is -0.545. The third-order valence-electron chi connectivity index (χ3n) is 4.12. The number of ether oxygens (including phenoxy) is 1. The zero-order chi connectivity index (χ0) is 16.7. The molecule has 1 aromatic heterocycles. The molecule has 11 heteroatoms. The van der Waals surface area contributed by atoms with Gasteiger partial charge < -0.3 is 41.6 Å². The molecule has 0 radical (unpaired) electrons. The molecule has 0 bridgehead atoms. The Morgan fingerprint density at radius 3 is 2.78 bits per heavy atom. The monoisotopic (exact) mass is 328 g/mol. The van der Waals surface area contributed by atoms with Gasteiger partial charge in [-0.05, 0) is 0 Å². The second-order valence-corrected chi connectivity index (χ2v) is 5.56. The summed E-state index contributed by atoms with van der Waals surface area (Å²) < 4.78 is 5.62. The molecular formula is C12H20N6O5. The molecule has 11 nitrogen and oxygen atoms in total. The van der Waals surface area contributed by atoms with Gasteiger partial charge in [-0.3, -0.25) is 4.90 Å². The number of aromatic nitrogens is 2. The number of nitrogens with zero attached hydrogens (tertiary/aromatic N) is 3. The van der Waals surface area contributed by atoms with Crippen LogP contribution >= 0.6 is 0 Å². The second kappa shape index (κ2) is 6.03. The van der Waals surface area contributed by atoms with Gasteiger partial charge in [-0.1, -0.05) is 0 Å².